The van der Waals surface area contributed by atoms with Crippen LogP contribution >= 0.6 is 0 Å². The third-order valence-electron chi connectivity index (χ3n) is 3.64. The lowest BCUT2D eigenvalue weighted by atomic mass is 9.96. The minimum absolute atomic E-state index is 0.187. The first-order valence-electron chi connectivity index (χ1n) is 7.33. The van der Waals surface area contributed by atoms with E-state index in [0.717, 1.165) is 5.75 Å². The third-order valence-corrected chi connectivity index (χ3v) is 3.64. The van der Waals surface area contributed by atoms with Crippen molar-refractivity contribution in [2.45, 2.75) is 31.2 Å². The van der Waals surface area contributed by atoms with Gasteiger partial charge in [-0.15, -0.1) is 0 Å². The molecule has 22 heavy (non-hydrogen) atoms. The molecular weight excluding hydrogens is 278 g/mol. The van der Waals surface area contributed by atoms with Crippen LogP contribution in [0.1, 0.15) is 13.3 Å². The van der Waals surface area contributed by atoms with E-state index in [-0.39, 0.29) is 12.2 Å². The Morgan fingerprint density at radius 1 is 1.27 bits per heavy atom. The van der Waals surface area contributed by atoms with Gasteiger partial charge in [-0.3, -0.25) is 0 Å². The van der Waals surface area contributed by atoms with Crippen molar-refractivity contribution in [2.24, 2.45) is 0 Å². The number of ether oxygens (including phenoxy) is 3. The van der Waals surface area contributed by atoms with E-state index in [1.807, 2.05) is 55.5 Å². The maximum atomic E-state index is 9.49. The van der Waals surface area contributed by atoms with E-state index in [2.05, 4.69) is 6.07 Å². The highest BCUT2D eigenvalue weighted by Gasteiger charge is 2.34. The van der Waals surface area contributed by atoms with Crippen LogP contribution in [0.3, 0.4) is 0 Å². The van der Waals surface area contributed by atoms with Crippen LogP contribution < -0.4 is 4.74 Å². The Morgan fingerprint density at radius 2 is 2.05 bits per heavy atom. The van der Waals surface area contributed by atoms with E-state index < -0.39 is 5.60 Å². The van der Waals surface area contributed by atoms with E-state index in [1.165, 1.54) is 0 Å². The molecule has 3 unspecified atom stereocenters. The summed E-state index contributed by atoms with van der Waals surface area (Å²) in [5, 5.41) is 9.49. The normalized spacial score (nSPS) is 22.8. The average Bonchev–Trinajstić information content (AvgIpc) is 2.59. The number of methoxy groups -OCH3 is 1. The number of nitriles is 1. The molecule has 0 fully saturated rings. The minimum atomic E-state index is -0.952. The van der Waals surface area contributed by atoms with Crippen molar-refractivity contribution in [3.05, 3.63) is 54.6 Å². The molecular formula is C18H21NO3. The van der Waals surface area contributed by atoms with Gasteiger partial charge >= 0.3 is 0 Å². The zero-order valence-corrected chi connectivity index (χ0v) is 12.9. The van der Waals surface area contributed by atoms with Gasteiger partial charge in [0, 0.05) is 13.5 Å². The Morgan fingerprint density at radius 3 is 2.64 bits per heavy atom. The van der Waals surface area contributed by atoms with Crippen molar-refractivity contribution in [2.75, 3.05) is 13.7 Å². The van der Waals surface area contributed by atoms with Crippen LogP contribution in [0.4, 0.5) is 0 Å². The molecule has 4 heteroatoms. The molecule has 1 aliphatic carbocycles. The van der Waals surface area contributed by atoms with Gasteiger partial charge in [0.05, 0.1) is 6.10 Å². The molecule has 0 bridgehead atoms. The van der Waals surface area contributed by atoms with Crippen molar-refractivity contribution < 1.29 is 14.2 Å². The van der Waals surface area contributed by atoms with Crippen LogP contribution in [0.5, 0.6) is 5.75 Å². The summed E-state index contributed by atoms with van der Waals surface area (Å²) in [5.74, 6) is 0.768. The highest BCUT2D eigenvalue weighted by atomic mass is 16.6. The summed E-state index contributed by atoms with van der Waals surface area (Å²) in [6, 6.07) is 11.8. The molecule has 0 spiro atoms. The van der Waals surface area contributed by atoms with Gasteiger partial charge < -0.3 is 14.2 Å². The van der Waals surface area contributed by atoms with Crippen LogP contribution in [0.15, 0.2) is 54.6 Å². The molecule has 1 aromatic carbocycles. The smallest absolute Gasteiger partial charge is 0.177 e. The molecule has 3 atom stereocenters. The SMILES string of the molecule is COC(C)C(COc1ccccc1)OC1(C#N)C=CC=CC1. The highest BCUT2D eigenvalue weighted by Crippen LogP contribution is 2.25. The monoisotopic (exact) mass is 299 g/mol. The Kier molecular flexibility index (Phi) is 5.76. The molecule has 0 N–H and O–H groups in total. The second-order valence-electron chi connectivity index (χ2n) is 5.21. The van der Waals surface area contributed by atoms with Crippen molar-refractivity contribution >= 4 is 0 Å². The van der Waals surface area contributed by atoms with Crippen LogP contribution in [0.25, 0.3) is 0 Å². The molecule has 2 rings (SSSR count). The van der Waals surface area contributed by atoms with Crippen molar-refractivity contribution in [3.63, 3.8) is 0 Å². The van der Waals surface area contributed by atoms with Crippen LogP contribution in [-0.4, -0.2) is 31.5 Å². The predicted octanol–water partition coefficient (Wildman–Crippen LogP) is 3.26. The first-order chi connectivity index (χ1) is 10.7. The fourth-order valence-corrected chi connectivity index (χ4v) is 2.18. The molecule has 0 radical (unpaired) electrons. The van der Waals surface area contributed by atoms with Crippen molar-refractivity contribution in [1.82, 2.24) is 0 Å². The number of allylic oxidation sites excluding steroid dienone is 2. The van der Waals surface area contributed by atoms with E-state index in [0.29, 0.717) is 13.0 Å². The van der Waals surface area contributed by atoms with Gasteiger partial charge in [0.1, 0.15) is 24.5 Å². The average molecular weight is 299 g/mol. The summed E-state index contributed by atoms with van der Waals surface area (Å²) in [6.45, 7) is 2.23. The van der Waals surface area contributed by atoms with Gasteiger partial charge in [0.25, 0.3) is 0 Å². The second-order valence-corrected chi connectivity index (χ2v) is 5.21. The van der Waals surface area contributed by atoms with Crippen LogP contribution in [0, 0.1) is 11.3 Å². The summed E-state index contributed by atoms with van der Waals surface area (Å²) >= 11 is 0. The third kappa shape index (κ3) is 4.20. The molecule has 116 valence electrons. The number of benzene rings is 1. The molecule has 0 saturated carbocycles. The molecule has 0 amide bonds. The lowest BCUT2D eigenvalue weighted by molar-refractivity contribution is -0.109. The predicted molar refractivity (Wildman–Crippen MR) is 84.5 cm³/mol. The van der Waals surface area contributed by atoms with E-state index >= 15 is 0 Å². The summed E-state index contributed by atoms with van der Waals surface area (Å²) in [5.41, 5.74) is -0.952. The fraction of sp³-hybridized carbons (Fsp3) is 0.389. The van der Waals surface area contributed by atoms with Gasteiger partial charge in [-0.1, -0.05) is 36.4 Å². The Balaban J connectivity index is 2.05. The minimum Gasteiger partial charge on any atom is -0.491 e. The molecule has 0 heterocycles. The lowest BCUT2D eigenvalue weighted by Gasteiger charge is -2.32. The first-order valence-corrected chi connectivity index (χ1v) is 7.33. The van der Waals surface area contributed by atoms with Gasteiger partial charge in [0.15, 0.2) is 5.60 Å². The van der Waals surface area contributed by atoms with Crippen LogP contribution in [0.2, 0.25) is 0 Å². The topological polar surface area (TPSA) is 51.5 Å². The molecule has 0 aromatic heterocycles. The molecule has 1 aliphatic rings. The zero-order chi connectivity index (χ0) is 15.8. The number of para-hydroxylation sites is 1. The number of hydrogen-bond donors (Lipinski definition) is 0. The van der Waals surface area contributed by atoms with Gasteiger partial charge in [0.2, 0.25) is 0 Å². The standard InChI is InChI=1S/C18H21NO3/c1-15(20-2)17(13-21-16-9-5-3-6-10-16)22-18(14-19)11-7-4-8-12-18/h3-11,15,17H,12-13H2,1-2H3. The van der Waals surface area contributed by atoms with Crippen molar-refractivity contribution in [3.8, 4) is 11.8 Å². The summed E-state index contributed by atoms with van der Waals surface area (Å²) < 4.78 is 17.2. The fourth-order valence-electron chi connectivity index (χ4n) is 2.18. The van der Waals surface area contributed by atoms with E-state index in [9.17, 15) is 5.26 Å². The number of hydrogen-bond acceptors (Lipinski definition) is 4. The highest BCUT2D eigenvalue weighted by molar-refractivity contribution is 5.26. The Bertz CT molecular complexity index is 561. The zero-order valence-electron chi connectivity index (χ0n) is 12.9. The molecule has 0 aliphatic heterocycles. The molecule has 1 aromatic rings. The van der Waals surface area contributed by atoms with Crippen LogP contribution in [-0.2, 0) is 9.47 Å². The first kappa shape index (κ1) is 16.3. The van der Waals surface area contributed by atoms with Gasteiger partial charge in [-0.2, -0.15) is 5.26 Å². The number of nitrogens with zero attached hydrogens (tertiary/aromatic N) is 1. The largest absolute Gasteiger partial charge is 0.491 e. The Labute approximate surface area is 131 Å². The molecule has 4 nitrogen and oxygen atoms in total. The number of rotatable bonds is 7. The van der Waals surface area contributed by atoms with Gasteiger partial charge in [-0.05, 0) is 25.1 Å². The quantitative estimate of drug-likeness (QED) is 0.775. The summed E-state index contributed by atoms with van der Waals surface area (Å²) in [4.78, 5) is 0. The van der Waals surface area contributed by atoms with E-state index in [4.69, 9.17) is 14.2 Å². The Hall–Kier alpha value is -2.09. The summed E-state index contributed by atoms with van der Waals surface area (Å²) in [7, 11) is 1.62. The van der Waals surface area contributed by atoms with Gasteiger partial charge in [-0.25, -0.2) is 0 Å². The lowest BCUT2D eigenvalue weighted by Crippen LogP contribution is -2.42. The second kappa shape index (κ2) is 7.79. The maximum absolute atomic E-state index is 9.49. The van der Waals surface area contributed by atoms with E-state index in [1.54, 1.807) is 13.2 Å². The van der Waals surface area contributed by atoms with Crippen molar-refractivity contribution in [1.29, 1.82) is 5.26 Å². The maximum Gasteiger partial charge on any atom is 0.177 e. The summed E-state index contributed by atoms with van der Waals surface area (Å²) in [6.07, 6.45) is 7.45. The molecule has 0 saturated heterocycles.